The number of nitro groups is 1. The van der Waals surface area contributed by atoms with Gasteiger partial charge in [0.2, 0.25) is 0 Å². The van der Waals surface area contributed by atoms with Crippen molar-refractivity contribution >= 4 is 27.4 Å². The Labute approximate surface area is 168 Å². The molecular weight excluding hydrogens is 400 g/mol. The number of sulfone groups is 1. The Morgan fingerprint density at radius 3 is 2.38 bits per heavy atom. The third-order valence-electron chi connectivity index (χ3n) is 3.96. The van der Waals surface area contributed by atoms with E-state index in [4.69, 9.17) is 0 Å². The molecule has 0 spiro atoms. The van der Waals surface area contributed by atoms with Gasteiger partial charge in [0, 0.05) is 25.2 Å². The van der Waals surface area contributed by atoms with Gasteiger partial charge in [-0.3, -0.25) is 19.7 Å². The predicted octanol–water partition coefficient (Wildman–Crippen LogP) is 2.20. The van der Waals surface area contributed by atoms with Gasteiger partial charge in [0.25, 0.3) is 11.6 Å². The molecule has 154 valence electrons. The lowest BCUT2D eigenvalue weighted by Gasteiger charge is -2.17. The second-order valence-electron chi connectivity index (χ2n) is 6.15. The lowest BCUT2D eigenvalue weighted by atomic mass is 10.1. The Hall–Kier alpha value is -3.27. The third-order valence-corrected chi connectivity index (χ3v) is 5.59. The van der Waals surface area contributed by atoms with E-state index in [1.807, 2.05) is 30.3 Å². The van der Waals surface area contributed by atoms with Crippen molar-refractivity contribution in [3.05, 3.63) is 69.8 Å². The predicted molar refractivity (Wildman–Crippen MR) is 104 cm³/mol. The molecule has 0 aliphatic heterocycles. The Morgan fingerprint density at radius 1 is 1.14 bits per heavy atom. The van der Waals surface area contributed by atoms with Crippen LogP contribution in [-0.2, 0) is 25.9 Å². The third kappa shape index (κ3) is 5.61. The maximum atomic E-state index is 12.6. The lowest BCUT2D eigenvalue weighted by molar-refractivity contribution is -0.387. The molecule has 1 amide bonds. The van der Waals surface area contributed by atoms with Crippen LogP contribution in [0.2, 0.25) is 0 Å². The normalized spacial score (nSPS) is 11.0. The van der Waals surface area contributed by atoms with Crippen LogP contribution in [0.5, 0.6) is 0 Å². The summed E-state index contributed by atoms with van der Waals surface area (Å²) in [4.78, 5) is 35.4. The number of nitro benzene ring substituents is 1. The van der Waals surface area contributed by atoms with Crippen LogP contribution in [0, 0.1) is 10.1 Å². The zero-order chi connectivity index (χ0) is 21.6. The van der Waals surface area contributed by atoms with E-state index in [-0.39, 0.29) is 18.7 Å². The van der Waals surface area contributed by atoms with Gasteiger partial charge >= 0.3 is 5.97 Å². The van der Waals surface area contributed by atoms with Crippen LogP contribution in [0.15, 0.2) is 53.4 Å². The molecule has 0 saturated carbocycles. The molecule has 9 nitrogen and oxygen atoms in total. The van der Waals surface area contributed by atoms with Crippen molar-refractivity contribution in [2.75, 3.05) is 19.4 Å². The largest absolute Gasteiger partial charge is 0.465 e. The second kappa shape index (κ2) is 9.28. The van der Waals surface area contributed by atoms with Crippen molar-refractivity contribution < 1.29 is 27.7 Å². The monoisotopic (exact) mass is 420 g/mol. The highest BCUT2D eigenvalue weighted by Gasteiger charge is 2.30. The molecule has 0 aromatic heterocycles. The summed E-state index contributed by atoms with van der Waals surface area (Å²) in [7, 11) is -2.78. The van der Waals surface area contributed by atoms with E-state index in [9.17, 15) is 28.1 Å². The van der Waals surface area contributed by atoms with Gasteiger partial charge in [0.05, 0.1) is 11.5 Å². The van der Waals surface area contributed by atoms with Gasteiger partial charge in [-0.1, -0.05) is 30.3 Å². The summed E-state index contributed by atoms with van der Waals surface area (Å²) < 4.78 is 29.4. The van der Waals surface area contributed by atoms with Crippen LogP contribution in [0.25, 0.3) is 0 Å². The van der Waals surface area contributed by atoms with Crippen LogP contribution >= 0.6 is 0 Å². The molecule has 0 aliphatic rings. The minimum Gasteiger partial charge on any atom is -0.465 e. The van der Waals surface area contributed by atoms with Crippen molar-refractivity contribution in [3.8, 4) is 0 Å². The average molecular weight is 420 g/mol. The first-order valence-corrected chi connectivity index (χ1v) is 10.3. The molecule has 0 bridgehead atoms. The molecule has 2 aromatic rings. The molecule has 0 fully saturated rings. The van der Waals surface area contributed by atoms with E-state index in [0.29, 0.717) is 0 Å². The van der Waals surface area contributed by atoms with Gasteiger partial charge in [-0.05, 0) is 24.6 Å². The van der Waals surface area contributed by atoms with Gasteiger partial charge in [-0.25, -0.2) is 8.42 Å². The molecule has 29 heavy (non-hydrogen) atoms. The van der Waals surface area contributed by atoms with Crippen molar-refractivity contribution in [1.29, 1.82) is 0 Å². The maximum absolute atomic E-state index is 12.6. The molecule has 0 aliphatic carbocycles. The highest BCUT2D eigenvalue weighted by Crippen LogP contribution is 2.27. The van der Waals surface area contributed by atoms with E-state index in [2.05, 4.69) is 4.74 Å². The highest BCUT2D eigenvalue weighted by atomic mass is 32.2. The van der Waals surface area contributed by atoms with Gasteiger partial charge in [0.15, 0.2) is 15.6 Å². The van der Waals surface area contributed by atoms with Crippen molar-refractivity contribution in [3.63, 3.8) is 0 Å². The molecule has 10 heteroatoms. The maximum Gasteiger partial charge on any atom is 0.321 e. The minimum atomic E-state index is -4.31. The fourth-order valence-electron chi connectivity index (χ4n) is 2.64. The molecule has 2 aromatic carbocycles. The lowest BCUT2D eigenvalue weighted by Crippen LogP contribution is -2.26. The number of rotatable bonds is 8. The number of benzene rings is 2. The number of amides is 1. The Bertz CT molecular complexity index is 1020. The first-order valence-electron chi connectivity index (χ1n) is 8.62. The van der Waals surface area contributed by atoms with E-state index < -0.39 is 43.0 Å². The van der Waals surface area contributed by atoms with Gasteiger partial charge in [0.1, 0.15) is 4.90 Å². The summed E-state index contributed by atoms with van der Waals surface area (Å²) >= 11 is 0. The first-order chi connectivity index (χ1) is 13.7. The Morgan fingerprint density at radius 2 is 1.79 bits per heavy atom. The molecule has 0 N–H and O–H groups in total. The quantitative estimate of drug-likeness (QED) is 0.364. The summed E-state index contributed by atoms with van der Waals surface area (Å²) in [6.07, 6.45) is 0. The van der Waals surface area contributed by atoms with Crippen LogP contribution in [0.3, 0.4) is 0 Å². The standard InChI is InChI=1S/C19H20N2O7S/c1-3-28-18(22)13-29(26,27)17-10-9-15(11-16(17)21(24)25)19(23)20(2)12-14-7-5-4-6-8-14/h4-11H,3,12-13H2,1-2H3. The number of carbonyl (C=O) groups excluding carboxylic acids is 2. The van der Waals surface area contributed by atoms with Crippen LogP contribution < -0.4 is 0 Å². The number of ether oxygens (including phenoxy) is 1. The molecule has 0 radical (unpaired) electrons. The van der Waals surface area contributed by atoms with Crippen molar-refractivity contribution in [2.24, 2.45) is 0 Å². The SMILES string of the molecule is CCOC(=O)CS(=O)(=O)c1ccc(C(=O)N(C)Cc2ccccc2)cc1[N+](=O)[O-]. The van der Waals surface area contributed by atoms with Crippen molar-refractivity contribution in [1.82, 2.24) is 4.90 Å². The van der Waals surface area contributed by atoms with E-state index >= 15 is 0 Å². The molecule has 2 rings (SSSR count). The zero-order valence-corrected chi connectivity index (χ0v) is 16.7. The van der Waals surface area contributed by atoms with E-state index in [1.165, 1.54) is 24.9 Å². The van der Waals surface area contributed by atoms with Gasteiger partial charge < -0.3 is 9.64 Å². The average Bonchev–Trinajstić information content (AvgIpc) is 2.67. The summed E-state index contributed by atoms with van der Waals surface area (Å²) in [5.41, 5.74) is 0.0601. The fourth-order valence-corrected chi connectivity index (χ4v) is 3.92. The number of carbonyl (C=O) groups is 2. The number of hydrogen-bond acceptors (Lipinski definition) is 7. The van der Waals surface area contributed by atoms with Gasteiger partial charge in [-0.15, -0.1) is 0 Å². The van der Waals surface area contributed by atoms with Gasteiger partial charge in [-0.2, -0.15) is 0 Å². The fraction of sp³-hybridized carbons (Fsp3) is 0.263. The number of hydrogen-bond donors (Lipinski definition) is 0. The first kappa shape index (κ1) is 22.0. The highest BCUT2D eigenvalue weighted by molar-refractivity contribution is 7.92. The number of esters is 1. The van der Waals surface area contributed by atoms with Crippen LogP contribution in [-0.4, -0.2) is 49.5 Å². The molecule has 0 saturated heterocycles. The number of nitrogens with zero attached hydrogens (tertiary/aromatic N) is 2. The van der Waals surface area contributed by atoms with Crippen LogP contribution in [0.1, 0.15) is 22.8 Å². The van der Waals surface area contributed by atoms with Crippen molar-refractivity contribution in [2.45, 2.75) is 18.4 Å². The Kier molecular flexibility index (Phi) is 7.05. The smallest absolute Gasteiger partial charge is 0.321 e. The molecule has 0 heterocycles. The Balaban J connectivity index is 2.32. The van der Waals surface area contributed by atoms with Crippen LogP contribution in [0.4, 0.5) is 5.69 Å². The minimum absolute atomic E-state index is 0.0162. The summed E-state index contributed by atoms with van der Waals surface area (Å²) in [5, 5.41) is 11.4. The molecular formula is C19H20N2O7S. The topological polar surface area (TPSA) is 124 Å². The second-order valence-corrected chi connectivity index (χ2v) is 8.11. The molecule has 0 atom stereocenters. The summed E-state index contributed by atoms with van der Waals surface area (Å²) in [6, 6.07) is 12.2. The zero-order valence-electron chi connectivity index (χ0n) is 15.9. The van der Waals surface area contributed by atoms with E-state index in [0.717, 1.165) is 17.7 Å². The summed E-state index contributed by atoms with van der Waals surface area (Å²) in [6.45, 7) is 1.77. The van der Waals surface area contributed by atoms with E-state index in [1.54, 1.807) is 0 Å². The summed E-state index contributed by atoms with van der Waals surface area (Å²) in [5.74, 6) is -2.54. The molecule has 0 unspecified atom stereocenters.